The lowest BCUT2D eigenvalue weighted by molar-refractivity contribution is -0.383. The number of para-hydroxylation sites is 3. The Labute approximate surface area is 308 Å². The second-order valence-electron chi connectivity index (χ2n) is 13.1. The number of rotatable bonds is 2. The van der Waals surface area contributed by atoms with Crippen molar-refractivity contribution >= 4 is 22.4 Å². The van der Waals surface area contributed by atoms with Crippen molar-refractivity contribution in [2.24, 2.45) is 0 Å². The van der Waals surface area contributed by atoms with Gasteiger partial charge in [-0.15, -0.1) is 0 Å². The number of nitrogens with one attached hydrogen (secondary N) is 2. The van der Waals surface area contributed by atoms with Crippen LogP contribution in [0.1, 0.15) is 16.7 Å². The fourth-order valence-corrected chi connectivity index (χ4v) is 6.80. The van der Waals surface area contributed by atoms with E-state index in [2.05, 4.69) is 53.8 Å². The molecule has 0 saturated carbocycles. The third kappa shape index (κ3) is 9.40. The summed E-state index contributed by atoms with van der Waals surface area (Å²) in [6.07, 6.45) is 0. The Hall–Kier alpha value is -5.28. The van der Waals surface area contributed by atoms with Crippen LogP contribution >= 0.6 is 0 Å². The van der Waals surface area contributed by atoms with Gasteiger partial charge < -0.3 is 29.7 Å². The van der Waals surface area contributed by atoms with Gasteiger partial charge in [0.05, 0.1) is 10.6 Å². The van der Waals surface area contributed by atoms with Gasteiger partial charge >= 0.3 is 5.69 Å². The molecule has 14 heteroatoms. The maximum Gasteiger partial charge on any atom is 0.300 e. The molecule has 2 bridgehead atoms. The maximum atomic E-state index is 11.8. The highest BCUT2D eigenvalue weighted by Crippen LogP contribution is 2.33. The summed E-state index contributed by atoms with van der Waals surface area (Å²) in [5.74, 6) is 2.54. The van der Waals surface area contributed by atoms with Gasteiger partial charge in [-0.2, -0.15) is 0 Å². The van der Waals surface area contributed by atoms with Gasteiger partial charge in [-0.1, -0.05) is 54.6 Å². The molecular formula is C39H46N8O6. The van der Waals surface area contributed by atoms with Crippen LogP contribution in [0.4, 0.5) is 11.4 Å². The number of nitro groups is 1. The predicted molar refractivity (Wildman–Crippen MR) is 202 cm³/mol. The van der Waals surface area contributed by atoms with Gasteiger partial charge in [-0.3, -0.25) is 19.9 Å². The highest BCUT2D eigenvalue weighted by atomic mass is 16.6. The molecule has 14 nitrogen and oxygen atoms in total. The number of hydrogen-bond acceptors (Lipinski definition) is 13. The number of nitrogens with zero attached hydrogens (tertiary/aromatic N) is 6. The third-order valence-corrected chi connectivity index (χ3v) is 9.71. The molecule has 4 heterocycles. The van der Waals surface area contributed by atoms with Crippen LogP contribution in [0.25, 0.3) is 11.0 Å². The van der Waals surface area contributed by atoms with Crippen molar-refractivity contribution in [3.05, 3.63) is 112 Å². The number of benzene rings is 4. The second kappa shape index (κ2) is 18.0. The average molecular weight is 723 g/mol. The van der Waals surface area contributed by atoms with Crippen molar-refractivity contribution in [3.8, 4) is 17.2 Å². The SMILES string of the molecule is O=[N+]([O-])c1ccc(N2CCN3CCNCc4ccccc4OCCN(CCOc4ccccc4CNCC3)CCOc3ccccc3C2)c2nonc12. The third-order valence-electron chi connectivity index (χ3n) is 9.71. The number of nitro benzene ring substituents is 1. The van der Waals surface area contributed by atoms with Crippen LogP contribution in [-0.4, -0.2) is 104 Å². The summed E-state index contributed by atoms with van der Waals surface area (Å²) in [5.41, 5.74) is 4.27. The largest absolute Gasteiger partial charge is 0.492 e. The Morgan fingerprint density at radius 2 is 1.09 bits per heavy atom. The first kappa shape index (κ1) is 36.1. The number of non-ortho nitro benzene ring substituents is 1. The lowest BCUT2D eigenvalue weighted by Gasteiger charge is -2.30. The van der Waals surface area contributed by atoms with Crippen LogP contribution in [0.3, 0.4) is 0 Å². The number of hydrogen-bond donors (Lipinski definition) is 2. The Bertz CT molecular complexity index is 1900. The van der Waals surface area contributed by atoms with E-state index < -0.39 is 4.92 Å². The van der Waals surface area contributed by atoms with Gasteiger partial charge in [-0.25, -0.2) is 4.63 Å². The molecule has 3 aliphatic heterocycles. The molecule has 0 fully saturated rings. The molecule has 3 aliphatic rings. The zero-order valence-electron chi connectivity index (χ0n) is 29.8. The predicted octanol–water partition coefficient (Wildman–Crippen LogP) is 4.48. The first-order chi connectivity index (χ1) is 26.1. The van der Waals surface area contributed by atoms with Crippen molar-refractivity contribution in [1.82, 2.24) is 30.7 Å². The van der Waals surface area contributed by atoms with Gasteiger partial charge in [0.25, 0.3) is 0 Å². The van der Waals surface area contributed by atoms with E-state index >= 15 is 0 Å². The highest BCUT2D eigenvalue weighted by Gasteiger charge is 2.24. The minimum Gasteiger partial charge on any atom is -0.492 e. The molecule has 0 saturated heterocycles. The van der Waals surface area contributed by atoms with Crippen molar-refractivity contribution < 1.29 is 23.8 Å². The lowest BCUT2D eigenvalue weighted by Crippen LogP contribution is -2.41. The van der Waals surface area contributed by atoms with E-state index in [0.29, 0.717) is 83.4 Å². The first-order valence-electron chi connectivity index (χ1n) is 18.3. The monoisotopic (exact) mass is 722 g/mol. The molecule has 0 aliphatic carbocycles. The summed E-state index contributed by atoms with van der Waals surface area (Å²) in [6.45, 7) is 9.89. The summed E-state index contributed by atoms with van der Waals surface area (Å²) >= 11 is 0. The summed E-state index contributed by atoms with van der Waals surface area (Å²) in [7, 11) is 0. The average Bonchev–Trinajstić information content (AvgIpc) is 3.67. The van der Waals surface area contributed by atoms with E-state index in [-0.39, 0.29) is 11.2 Å². The molecule has 1 aromatic heterocycles. The van der Waals surface area contributed by atoms with Crippen LogP contribution in [0.2, 0.25) is 0 Å². The van der Waals surface area contributed by atoms with E-state index in [1.807, 2.05) is 54.6 Å². The molecule has 278 valence electrons. The molecule has 2 N–H and O–H groups in total. The molecule has 4 aromatic carbocycles. The Kier molecular flexibility index (Phi) is 12.2. The number of anilines is 1. The van der Waals surface area contributed by atoms with E-state index in [9.17, 15) is 10.1 Å². The van der Waals surface area contributed by atoms with Crippen LogP contribution < -0.4 is 29.7 Å². The van der Waals surface area contributed by atoms with Gasteiger partial charge in [0.15, 0.2) is 5.52 Å². The van der Waals surface area contributed by atoms with Crippen LogP contribution in [0.15, 0.2) is 89.6 Å². The standard InChI is InChI=1S/C39H46N8O6/c48-47(49)34-14-13-33(38-39(34)43-53-42-38)46-20-19-44-17-15-40-27-30-7-1-4-10-35(30)50-24-21-45(23-26-52-37-12-6-3-9-32(37)29-46)22-25-51-36-11-5-2-8-31(36)28-41-16-18-44/h1-14,40-41H,15-29H2. The van der Waals surface area contributed by atoms with Crippen molar-refractivity contribution in [2.75, 3.05) is 83.6 Å². The van der Waals surface area contributed by atoms with Crippen molar-refractivity contribution in [3.63, 3.8) is 0 Å². The lowest BCUT2D eigenvalue weighted by atomic mass is 10.1. The van der Waals surface area contributed by atoms with Gasteiger partial charge in [0, 0.05) is 101 Å². The zero-order valence-corrected chi connectivity index (χ0v) is 29.8. The van der Waals surface area contributed by atoms with Crippen LogP contribution in [-0.2, 0) is 19.6 Å². The van der Waals surface area contributed by atoms with Crippen LogP contribution in [0, 0.1) is 10.1 Å². The van der Waals surface area contributed by atoms with Gasteiger partial charge in [-0.05, 0) is 34.6 Å². The Morgan fingerprint density at radius 1 is 0.585 bits per heavy atom. The summed E-state index contributed by atoms with van der Waals surface area (Å²) in [6, 6.07) is 27.6. The van der Waals surface area contributed by atoms with Gasteiger partial charge in [0.1, 0.15) is 37.1 Å². The molecule has 0 unspecified atom stereocenters. The van der Waals surface area contributed by atoms with Crippen molar-refractivity contribution in [1.29, 1.82) is 0 Å². The molecule has 0 atom stereocenters. The highest BCUT2D eigenvalue weighted by molar-refractivity contribution is 5.93. The van der Waals surface area contributed by atoms with E-state index in [1.54, 1.807) is 6.07 Å². The van der Waals surface area contributed by atoms with E-state index in [1.165, 1.54) is 6.07 Å². The smallest absolute Gasteiger partial charge is 0.300 e. The second-order valence-corrected chi connectivity index (χ2v) is 13.1. The van der Waals surface area contributed by atoms with E-state index in [0.717, 1.165) is 60.1 Å². The van der Waals surface area contributed by atoms with Crippen molar-refractivity contribution in [2.45, 2.75) is 19.6 Å². The molecule has 5 aromatic rings. The minimum absolute atomic E-state index is 0.129. The molecular weight excluding hydrogens is 676 g/mol. The molecule has 8 rings (SSSR count). The molecule has 0 radical (unpaired) electrons. The summed E-state index contributed by atoms with van der Waals surface area (Å²) in [5, 5.41) is 27.2. The quantitative estimate of drug-likeness (QED) is 0.195. The summed E-state index contributed by atoms with van der Waals surface area (Å²) < 4.78 is 24.3. The minimum atomic E-state index is -0.456. The zero-order chi connectivity index (χ0) is 36.2. The van der Waals surface area contributed by atoms with E-state index in [4.69, 9.17) is 18.8 Å². The number of ether oxygens (including phenoxy) is 3. The fourth-order valence-electron chi connectivity index (χ4n) is 6.80. The Balaban J connectivity index is 1.23. The number of aromatic nitrogens is 2. The Morgan fingerprint density at radius 3 is 1.68 bits per heavy atom. The topological polar surface area (TPSA) is 144 Å². The first-order valence-corrected chi connectivity index (χ1v) is 18.3. The van der Waals surface area contributed by atoms with Gasteiger partial charge in [0.2, 0.25) is 5.52 Å². The molecule has 0 amide bonds. The molecule has 0 spiro atoms. The number of fused-ring (bicyclic) bond motifs is 16. The normalized spacial score (nSPS) is 19.7. The summed E-state index contributed by atoms with van der Waals surface area (Å²) in [4.78, 5) is 18.3. The van der Waals surface area contributed by atoms with Crippen LogP contribution in [0.5, 0.6) is 17.2 Å². The fraction of sp³-hybridized carbons (Fsp3) is 0.385. The maximum absolute atomic E-state index is 11.8. The molecule has 53 heavy (non-hydrogen) atoms.